The number of anilines is 1. The van der Waals surface area contributed by atoms with E-state index in [0.29, 0.717) is 13.1 Å². The van der Waals surface area contributed by atoms with Crippen molar-refractivity contribution in [2.24, 2.45) is 5.92 Å². The minimum Gasteiger partial charge on any atom is -0.361 e. The maximum Gasteiger partial charge on any atom is 0.243 e. The molecule has 2 aliphatic rings. The number of sulfonamides is 1. The summed E-state index contributed by atoms with van der Waals surface area (Å²) in [5.74, 6) is 0.730. The fraction of sp³-hybridized carbons (Fsp3) is 0.571. The highest BCUT2D eigenvalue weighted by atomic mass is 32.2. The van der Waals surface area contributed by atoms with Gasteiger partial charge < -0.3 is 9.88 Å². The number of rotatable bonds is 7. The van der Waals surface area contributed by atoms with E-state index in [1.807, 2.05) is 31.2 Å². The predicted molar refractivity (Wildman–Crippen MR) is 112 cm³/mol. The van der Waals surface area contributed by atoms with Gasteiger partial charge in [-0.3, -0.25) is 0 Å². The molecule has 29 heavy (non-hydrogen) atoms. The van der Waals surface area contributed by atoms with Crippen LogP contribution in [-0.4, -0.2) is 41.3 Å². The van der Waals surface area contributed by atoms with Gasteiger partial charge in [-0.2, -0.15) is 4.31 Å². The van der Waals surface area contributed by atoms with E-state index in [0.717, 1.165) is 41.4 Å². The maximum absolute atomic E-state index is 13.4. The summed E-state index contributed by atoms with van der Waals surface area (Å²) in [6, 6.07) is 6.49. The number of aromatic amines is 1. The number of aryl methyl sites for hydroxylation is 1. The first kappa shape index (κ1) is 20.3. The highest BCUT2D eigenvalue weighted by Crippen LogP contribution is 2.35. The van der Waals surface area contributed by atoms with E-state index >= 15 is 0 Å². The molecule has 6 nitrogen and oxygen atoms in total. The van der Waals surface area contributed by atoms with Crippen LogP contribution >= 0.6 is 0 Å². The van der Waals surface area contributed by atoms with Crippen LogP contribution in [0, 0.1) is 12.8 Å². The largest absolute Gasteiger partial charge is 0.361 e. The van der Waals surface area contributed by atoms with Gasteiger partial charge in [0, 0.05) is 30.5 Å². The number of fused-ring (bicyclic) bond motifs is 1. The number of H-pyrrole nitrogens is 1. The first-order valence-corrected chi connectivity index (χ1v) is 12.0. The van der Waals surface area contributed by atoms with Gasteiger partial charge in [0.1, 0.15) is 0 Å². The van der Waals surface area contributed by atoms with Crippen molar-refractivity contribution in [1.82, 2.24) is 14.3 Å². The average molecular weight is 421 g/mol. The van der Waals surface area contributed by atoms with Crippen LogP contribution in [0.2, 0.25) is 0 Å². The molecule has 0 spiro atoms. The van der Waals surface area contributed by atoms with Gasteiger partial charge in [0.25, 0.3) is 0 Å². The highest BCUT2D eigenvalue weighted by Gasteiger charge is 2.34. The Kier molecular flexibility index (Phi) is 5.92. The molecule has 2 aromatic rings. The molecule has 1 N–H and O–H groups in total. The van der Waals surface area contributed by atoms with Crippen molar-refractivity contribution in [3.8, 4) is 0 Å². The van der Waals surface area contributed by atoms with Crippen molar-refractivity contribution in [2.75, 3.05) is 17.5 Å². The molecule has 2 heterocycles. The zero-order chi connectivity index (χ0) is 20.4. The van der Waals surface area contributed by atoms with E-state index in [-0.39, 0.29) is 12.6 Å². The van der Waals surface area contributed by atoms with Gasteiger partial charge >= 0.3 is 0 Å². The summed E-state index contributed by atoms with van der Waals surface area (Å²) in [6.07, 6.45) is 7.46. The first-order valence-electron chi connectivity index (χ1n) is 10.3. The molecule has 1 aliphatic heterocycles. The average Bonchev–Trinajstić information content (AvgIpc) is 3.00. The summed E-state index contributed by atoms with van der Waals surface area (Å²) in [5.41, 5.74) is 3.89. The van der Waals surface area contributed by atoms with E-state index in [9.17, 15) is 12.8 Å². The van der Waals surface area contributed by atoms with Gasteiger partial charge in [-0.25, -0.2) is 17.8 Å². The zero-order valence-corrected chi connectivity index (χ0v) is 17.7. The lowest BCUT2D eigenvalue weighted by atomic mass is 9.81. The summed E-state index contributed by atoms with van der Waals surface area (Å²) in [5, 5.41) is 0. The molecule has 0 unspecified atom stereocenters. The molecule has 1 saturated carbocycles. The van der Waals surface area contributed by atoms with E-state index in [2.05, 4.69) is 14.9 Å². The standard InChI is InChI=1S/C21H29FN4O2S/c1-16-20(24-15-23-16)13-26-19(10-9-17-5-4-6-17)12-25(29(27,28)14-22)11-18-7-2-3-8-21(18)26/h2-3,7-8,15,17,19H,4-6,9-14H2,1H3,(H,23,24)/t19-/m0/s1. The Balaban J connectivity index is 1.70. The third-order valence-electron chi connectivity index (χ3n) is 6.42. The van der Waals surface area contributed by atoms with Crippen LogP contribution < -0.4 is 4.90 Å². The minimum atomic E-state index is -3.93. The van der Waals surface area contributed by atoms with Crippen molar-refractivity contribution >= 4 is 15.7 Å². The van der Waals surface area contributed by atoms with Crippen LogP contribution in [0.15, 0.2) is 30.6 Å². The van der Waals surface area contributed by atoms with Gasteiger partial charge in [-0.1, -0.05) is 37.5 Å². The van der Waals surface area contributed by atoms with Crippen molar-refractivity contribution in [1.29, 1.82) is 0 Å². The van der Waals surface area contributed by atoms with Crippen LogP contribution in [0.1, 0.15) is 49.1 Å². The Bertz CT molecular complexity index is 942. The van der Waals surface area contributed by atoms with Crippen LogP contribution in [-0.2, 0) is 23.1 Å². The number of alkyl halides is 1. The second-order valence-electron chi connectivity index (χ2n) is 8.27. The van der Waals surface area contributed by atoms with Gasteiger partial charge in [-0.05, 0) is 37.3 Å². The lowest BCUT2D eigenvalue weighted by molar-refractivity contribution is 0.270. The smallest absolute Gasteiger partial charge is 0.243 e. The number of halogens is 1. The fourth-order valence-corrected chi connectivity index (χ4v) is 5.24. The predicted octanol–water partition coefficient (Wildman–Crippen LogP) is 3.75. The Morgan fingerprint density at radius 1 is 1.24 bits per heavy atom. The number of hydrogen-bond donors (Lipinski definition) is 1. The topological polar surface area (TPSA) is 69.3 Å². The Labute approximate surface area is 172 Å². The summed E-state index contributed by atoms with van der Waals surface area (Å²) in [4.78, 5) is 9.88. The molecule has 0 radical (unpaired) electrons. The van der Waals surface area contributed by atoms with E-state index in [1.54, 1.807) is 6.33 Å². The fourth-order valence-electron chi connectivity index (χ4n) is 4.37. The van der Waals surface area contributed by atoms with Crippen molar-refractivity contribution in [3.63, 3.8) is 0 Å². The summed E-state index contributed by atoms with van der Waals surface area (Å²) in [6.45, 7) is 3.11. The van der Waals surface area contributed by atoms with Gasteiger partial charge in [0.15, 0.2) is 0 Å². The molecule has 1 aliphatic carbocycles. The second kappa shape index (κ2) is 8.44. The molecule has 1 aromatic carbocycles. The molecule has 1 fully saturated rings. The third-order valence-corrected chi connectivity index (χ3v) is 7.76. The molecule has 4 rings (SSSR count). The minimum absolute atomic E-state index is 0.0170. The monoisotopic (exact) mass is 420 g/mol. The van der Waals surface area contributed by atoms with Gasteiger partial charge in [0.2, 0.25) is 16.0 Å². The quantitative estimate of drug-likeness (QED) is 0.741. The molecule has 1 atom stereocenters. The van der Waals surface area contributed by atoms with Crippen LogP contribution in [0.3, 0.4) is 0 Å². The molecule has 1 aromatic heterocycles. The molecular formula is C21H29FN4O2S. The Morgan fingerprint density at radius 3 is 2.69 bits per heavy atom. The number of imidazole rings is 1. The number of nitrogens with zero attached hydrogens (tertiary/aromatic N) is 3. The normalized spacial score (nSPS) is 20.9. The number of aromatic nitrogens is 2. The molecule has 0 saturated heterocycles. The van der Waals surface area contributed by atoms with Crippen molar-refractivity contribution in [2.45, 2.75) is 58.2 Å². The number of nitrogens with one attached hydrogen (secondary N) is 1. The molecular weight excluding hydrogens is 391 g/mol. The summed E-state index contributed by atoms with van der Waals surface area (Å²) in [7, 11) is -3.93. The van der Waals surface area contributed by atoms with Crippen molar-refractivity contribution in [3.05, 3.63) is 47.5 Å². The lowest BCUT2D eigenvalue weighted by Gasteiger charge is -2.35. The summed E-state index contributed by atoms with van der Waals surface area (Å²) >= 11 is 0. The SMILES string of the molecule is Cc1[nH]cnc1CN1c2ccccc2CN(S(=O)(=O)CF)C[C@@H]1CCC1CCC1. The van der Waals surface area contributed by atoms with Gasteiger partial charge in [0.05, 0.1) is 18.6 Å². The van der Waals surface area contributed by atoms with Gasteiger partial charge in [-0.15, -0.1) is 0 Å². The molecule has 8 heteroatoms. The second-order valence-corrected chi connectivity index (χ2v) is 10.2. The highest BCUT2D eigenvalue weighted by molar-refractivity contribution is 7.88. The van der Waals surface area contributed by atoms with E-state index in [1.165, 1.54) is 23.6 Å². The van der Waals surface area contributed by atoms with E-state index in [4.69, 9.17) is 0 Å². The van der Waals surface area contributed by atoms with Crippen LogP contribution in [0.4, 0.5) is 10.1 Å². The summed E-state index contributed by atoms with van der Waals surface area (Å²) < 4.78 is 39.6. The number of para-hydroxylation sites is 1. The Morgan fingerprint density at radius 2 is 2.03 bits per heavy atom. The molecule has 158 valence electrons. The number of hydrogen-bond acceptors (Lipinski definition) is 4. The lowest BCUT2D eigenvalue weighted by Crippen LogP contribution is -2.44. The first-order chi connectivity index (χ1) is 14.0. The van der Waals surface area contributed by atoms with Crippen molar-refractivity contribution < 1.29 is 12.8 Å². The van der Waals surface area contributed by atoms with Crippen LogP contribution in [0.25, 0.3) is 0 Å². The van der Waals surface area contributed by atoms with E-state index < -0.39 is 16.0 Å². The van der Waals surface area contributed by atoms with Crippen LogP contribution in [0.5, 0.6) is 0 Å². The third kappa shape index (κ3) is 4.33. The molecule has 0 bridgehead atoms. The maximum atomic E-state index is 13.4. The zero-order valence-electron chi connectivity index (χ0n) is 16.8. The Hall–Kier alpha value is -1.93. The number of benzene rings is 1. The molecule has 0 amide bonds.